The van der Waals surface area contributed by atoms with Crippen LogP contribution in [0.25, 0.3) is 0 Å². The smallest absolute Gasteiger partial charge is 0.242 e. The minimum absolute atomic E-state index is 0.384. The standard InChI is InChI=1S/C9H15N3OS/c1-4-6-5-14-8(11-6)12-9(2,3)7(10)13/h5H,4H2,1-3H3,(H2,10,13)(H,11,12). The number of nitrogens with two attached hydrogens (primary N) is 1. The molecule has 0 aliphatic rings. The Kier molecular flexibility index (Phi) is 3.10. The average molecular weight is 213 g/mol. The lowest BCUT2D eigenvalue weighted by Crippen LogP contribution is -2.44. The highest BCUT2D eigenvalue weighted by atomic mass is 32.1. The van der Waals surface area contributed by atoms with Crippen molar-refractivity contribution in [3.8, 4) is 0 Å². The predicted octanol–water partition coefficient (Wildman–Crippen LogP) is 1.38. The third kappa shape index (κ3) is 2.45. The fraction of sp³-hybridized carbons (Fsp3) is 0.556. The van der Waals surface area contributed by atoms with Gasteiger partial charge in [0, 0.05) is 5.38 Å². The number of anilines is 1. The second-order valence-electron chi connectivity index (χ2n) is 3.61. The maximum absolute atomic E-state index is 11.0. The van der Waals surface area contributed by atoms with E-state index in [1.165, 1.54) is 11.3 Å². The lowest BCUT2D eigenvalue weighted by atomic mass is 10.1. The molecule has 1 heterocycles. The highest BCUT2D eigenvalue weighted by molar-refractivity contribution is 7.13. The highest BCUT2D eigenvalue weighted by Crippen LogP contribution is 2.19. The summed E-state index contributed by atoms with van der Waals surface area (Å²) >= 11 is 1.49. The zero-order chi connectivity index (χ0) is 10.8. The zero-order valence-electron chi connectivity index (χ0n) is 8.63. The molecule has 0 unspecified atom stereocenters. The molecule has 0 aromatic carbocycles. The van der Waals surface area contributed by atoms with Crippen LogP contribution in [0.1, 0.15) is 26.5 Å². The SMILES string of the molecule is CCc1csc(NC(C)(C)C(N)=O)n1. The first-order valence-corrected chi connectivity index (χ1v) is 5.36. The van der Waals surface area contributed by atoms with Gasteiger partial charge in [0.25, 0.3) is 0 Å². The molecule has 1 rings (SSSR count). The molecule has 1 amide bonds. The molecule has 0 saturated heterocycles. The van der Waals surface area contributed by atoms with Gasteiger partial charge in [0.15, 0.2) is 5.13 Å². The van der Waals surface area contributed by atoms with Crippen molar-refractivity contribution in [1.82, 2.24) is 4.98 Å². The first kappa shape index (κ1) is 11.0. The number of rotatable bonds is 4. The average Bonchev–Trinajstić information content (AvgIpc) is 2.51. The van der Waals surface area contributed by atoms with E-state index in [2.05, 4.69) is 10.3 Å². The van der Waals surface area contributed by atoms with Crippen molar-refractivity contribution in [2.24, 2.45) is 5.73 Å². The van der Waals surface area contributed by atoms with Crippen LogP contribution in [0.3, 0.4) is 0 Å². The number of carbonyl (C=O) groups is 1. The molecule has 0 radical (unpaired) electrons. The number of nitrogens with zero attached hydrogens (tertiary/aromatic N) is 1. The number of hydrogen-bond donors (Lipinski definition) is 2. The van der Waals surface area contributed by atoms with E-state index in [1.807, 2.05) is 12.3 Å². The van der Waals surface area contributed by atoms with Crippen LogP contribution in [-0.2, 0) is 11.2 Å². The summed E-state index contributed by atoms with van der Waals surface area (Å²) in [7, 11) is 0. The van der Waals surface area contributed by atoms with E-state index in [-0.39, 0.29) is 5.91 Å². The van der Waals surface area contributed by atoms with Crippen LogP contribution < -0.4 is 11.1 Å². The third-order valence-corrected chi connectivity index (χ3v) is 2.76. The van der Waals surface area contributed by atoms with Gasteiger partial charge in [0.2, 0.25) is 5.91 Å². The Morgan fingerprint density at radius 1 is 1.71 bits per heavy atom. The minimum Gasteiger partial charge on any atom is -0.368 e. The fourth-order valence-corrected chi connectivity index (χ4v) is 1.81. The largest absolute Gasteiger partial charge is 0.368 e. The van der Waals surface area contributed by atoms with Crippen LogP contribution in [0.5, 0.6) is 0 Å². The topological polar surface area (TPSA) is 68.0 Å². The lowest BCUT2D eigenvalue weighted by molar-refractivity contribution is -0.121. The number of amides is 1. The maximum atomic E-state index is 11.0. The van der Waals surface area contributed by atoms with E-state index in [0.29, 0.717) is 0 Å². The van der Waals surface area contributed by atoms with E-state index in [1.54, 1.807) is 13.8 Å². The number of primary amides is 1. The zero-order valence-corrected chi connectivity index (χ0v) is 9.44. The monoisotopic (exact) mass is 213 g/mol. The molecule has 1 aromatic rings. The molecular weight excluding hydrogens is 198 g/mol. The summed E-state index contributed by atoms with van der Waals surface area (Å²) < 4.78 is 0. The summed E-state index contributed by atoms with van der Waals surface area (Å²) in [5.41, 5.74) is 5.51. The number of thiazole rings is 1. The van der Waals surface area contributed by atoms with E-state index >= 15 is 0 Å². The molecule has 0 aliphatic carbocycles. The van der Waals surface area contributed by atoms with Gasteiger partial charge in [-0.2, -0.15) is 0 Å². The van der Waals surface area contributed by atoms with E-state index in [9.17, 15) is 4.79 Å². The lowest BCUT2D eigenvalue weighted by Gasteiger charge is -2.21. The van der Waals surface area contributed by atoms with E-state index in [0.717, 1.165) is 17.2 Å². The van der Waals surface area contributed by atoms with E-state index < -0.39 is 5.54 Å². The molecule has 0 saturated carbocycles. The van der Waals surface area contributed by atoms with Gasteiger partial charge < -0.3 is 11.1 Å². The van der Waals surface area contributed by atoms with Crippen molar-refractivity contribution in [1.29, 1.82) is 0 Å². The molecule has 0 spiro atoms. The molecule has 3 N–H and O–H groups in total. The van der Waals surface area contributed by atoms with Gasteiger partial charge >= 0.3 is 0 Å². The second kappa shape index (κ2) is 3.96. The number of carbonyl (C=O) groups excluding carboxylic acids is 1. The predicted molar refractivity (Wildman–Crippen MR) is 58.4 cm³/mol. The van der Waals surface area contributed by atoms with Gasteiger partial charge in [-0.05, 0) is 20.3 Å². The number of hydrogen-bond acceptors (Lipinski definition) is 4. The van der Waals surface area contributed by atoms with Crippen molar-refractivity contribution in [2.45, 2.75) is 32.7 Å². The Morgan fingerprint density at radius 2 is 2.36 bits per heavy atom. The summed E-state index contributed by atoms with van der Waals surface area (Å²) in [4.78, 5) is 15.3. The molecule has 78 valence electrons. The quantitative estimate of drug-likeness (QED) is 0.794. The Hall–Kier alpha value is -1.10. The van der Waals surface area contributed by atoms with Gasteiger partial charge in [-0.1, -0.05) is 6.92 Å². The van der Waals surface area contributed by atoms with Crippen LogP contribution in [0.4, 0.5) is 5.13 Å². The van der Waals surface area contributed by atoms with Gasteiger partial charge in [-0.15, -0.1) is 11.3 Å². The van der Waals surface area contributed by atoms with Crippen molar-refractivity contribution >= 4 is 22.4 Å². The second-order valence-corrected chi connectivity index (χ2v) is 4.47. The molecule has 0 bridgehead atoms. The first-order valence-electron chi connectivity index (χ1n) is 4.48. The van der Waals surface area contributed by atoms with Crippen LogP contribution in [0, 0.1) is 0 Å². The molecule has 4 nitrogen and oxygen atoms in total. The molecule has 5 heteroatoms. The molecule has 0 fully saturated rings. The van der Waals surface area contributed by atoms with Crippen molar-refractivity contribution in [2.75, 3.05) is 5.32 Å². The van der Waals surface area contributed by atoms with Crippen molar-refractivity contribution < 1.29 is 4.79 Å². The van der Waals surface area contributed by atoms with Crippen LogP contribution in [0.15, 0.2) is 5.38 Å². The molecule has 1 aromatic heterocycles. The van der Waals surface area contributed by atoms with Gasteiger partial charge in [0.05, 0.1) is 5.69 Å². The van der Waals surface area contributed by atoms with Crippen LogP contribution in [0.2, 0.25) is 0 Å². The number of nitrogens with one attached hydrogen (secondary N) is 1. The van der Waals surface area contributed by atoms with Crippen LogP contribution >= 0.6 is 11.3 Å². The fourth-order valence-electron chi connectivity index (χ4n) is 0.856. The molecule has 14 heavy (non-hydrogen) atoms. The highest BCUT2D eigenvalue weighted by Gasteiger charge is 2.25. The Morgan fingerprint density at radius 3 is 2.79 bits per heavy atom. The van der Waals surface area contributed by atoms with E-state index in [4.69, 9.17) is 5.73 Å². The summed E-state index contributed by atoms with van der Waals surface area (Å²) in [6.45, 7) is 5.52. The Labute approximate surface area is 87.5 Å². The first-order chi connectivity index (χ1) is 6.45. The Balaban J connectivity index is 2.73. The molecule has 0 aliphatic heterocycles. The van der Waals surface area contributed by atoms with Crippen LogP contribution in [-0.4, -0.2) is 16.4 Å². The van der Waals surface area contributed by atoms with Gasteiger partial charge in [0.1, 0.15) is 5.54 Å². The van der Waals surface area contributed by atoms with Gasteiger partial charge in [-0.25, -0.2) is 4.98 Å². The molecule has 0 atom stereocenters. The summed E-state index contributed by atoms with van der Waals surface area (Å²) in [5, 5.41) is 5.72. The minimum atomic E-state index is -0.747. The summed E-state index contributed by atoms with van der Waals surface area (Å²) in [6, 6.07) is 0. The van der Waals surface area contributed by atoms with Crippen molar-refractivity contribution in [3.05, 3.63) is 11.1 Å². The third-order valence-electron chi connectivity index (χ3n) is 1.95. The van der Waals surface area contributed by atoms with Gasteiger partial charge in [-0.3, -0.25) is 4.79 Å². The molecular formula is C9H15N3OS. The number of aromatic nitrogens is 1. The summed E-state index contributed by atoms with van der Waals surface area (Å²) in [5.74, 6) is -0.384. The number of aryl methyl sites for hydroxylation is 1. The summed E-state index contributed by atoms with van der Waals surface area (Å²) in [6.07, 6.45) is 0.898. The van der Waals surface area contributed by atoms with Crippen molar-refractivity contribution in [3.63, 3.8) is 0 Å². The Bertz CT molecular complexity index is 333. The normalized spacial score (nSPS) is 11.4. The maximum Gasteiger partial charge on any atom is 0.242 e.